The van der Waals surface area contributed by atoms with Crippen LogP contribution in [0.4, 0.5) is 5.69 Å². The molecule has 112 valence electrons. The number of methoxy groups -OCH3 is 1. The van der Waals surface area contributed by atoms with Crippen molar-refractivity contribution in [3.05, 3.63) is 29.8 Å². The smallest absolute Gasteiger partial charge is 0.305 e. The topological polar surface area (TPSA) is 89.7 Å². The zero-order valence-electron chi connectivity index (χ0n) is 11.7. The Morgan fingerprint density at radius 3 is 2.60 bits per heavy atom. The average Bonchev–Trinajstić information content (AvgIpc) is 2.40. The third kappa shape index (κ3) is 4.82. The Morgan fingerprint density at radius 1 is 1.35 bits per heavy atom. The van der Waals surface area contributed by atoms with E-state index in [2.05, 4.69) is 4.74 Å². The zero-order chi connectivity index (χ0) is 15.2. The van der Waals surface area contributed by atoms with Gasteiger partial charge in [0.15, 0.2) is 0 Å². The first-order chi connectivity index (χ1) is 9.36. The van der Waals surface area contributed by atoms with Crippen LogP contribution in [0.25, 0.3) is 0 Å². The van der Waals surface area contributed by atoms with Gasteiger partial charge in [-0.05, 0) is 18.1 Å². The first kappa shape index (κ1) is 16.5. The van der Waals surface area contributed by atoms with Gasteiger partial charge < -0.3 is 10.5 Å². The fraction of sp³-hybridized carbons (Fsp3) is 0.462. The molecule has 0 heterocycles. The second-order valence-electron chi connectivity index (χ2n) is 4.46. The van der Waals surface area contributed by atoms with Gasteiger partial charge in [0.2, 0.25) is 10.0 Å². The van der Waals surface area contributed by atoms with Crippen LogP contribution in [0.3, 0.4) is 0 Å². The van der Waals surface area contributed by atoms with Crippen molar-refractivity contribution in [1.29, 1.82) is 0 Å². The molecule has 0 fully saturated rings. The van der Waals surface area contributed by atoms with Crippen LogP contribution in [0.1, 0.15) is 18.4 Å². The molecule has 0 aliphatic carbocycles. The molecule has 20 heavy (non-hydrogen) atoms. The highest BCUT2D eigenvalue weighted by atomic mass is 32.2. The van der Waals surface area contributed by atoms with Crippen molar-refractivity contribution < 1.29 is 17.9 Å². The molecular weight excluding hydrogens is 280 g/mol. The average molecular weight is 300 g/mol. The maximum Gasteiger partial charge on any atom is 0.305 e. The standard InChI is InChI=1S/C13H20N2O4S/c1-15(9-5-8-13(16)19-2)20(17,18)10-11-6-3-4-7-12(11)14/h3-4,6-7H,5,8-10,14H2,1-2H3. The molecule has 6 nitrogen and oxygen atoms in total. The molecule has 0 aliphatic rings. The minimum absolute atomic E-state index is 0.144. The van der Waals surface area contributed by atoms with Gasteiger partial charge in [0, 0.05) is 25.7 Å². The number of nitrogen functional groups attached to an aromatic ring is 1. The fourth-order valence-corrected chi connectivity index (χ4v) is 2.94. The van der Waals surface area contributed by atoms with Gasteiger partial charge >= 0.3 is 5.97 Å². The second-order valence-corrected chi connectivity index (χ2v) is 6.53. The number of nitrogens with zero attached hydrogens (tertiary/aromatic N) is 1. The molecule has 1 rings (SSSR count). The van der Waals surface area contributed by atoms with E-state index >= 15 is 0 Å². The number of carbonyl (C=O) groups is 1. The largest absolute Gasteiger partial charge is 0.469 e. The Labute approximate surface area is 119 Å². The first-order valence-corrected chi connectivity index (χ1v) is 7.82. The number of nitrogens with two attached hydrogens (primary N) is 1. The molecule has 0 spiro atoms. The number of para-hydroxylation sites is 1. The lowest BCUT2D eigenvalue weighted by Gasteiger charge is -2.17. The van der Waals surface area contributed by atoms with E-state index in [4.69, 9.17) is 5.73 Å². The van der Waals surface area contributed by atoms with E-state index < -0.39 is 10.0 Å². The quantitative estimate of drug-likeness (QED) is 0.599. The number of carbonyl (C=O) groups excluding carboxylic acids is 1. The maximum atomic E-state index is 12.2. The predicted octanol–water partition coefficient (Wildman–Crippen LogP) is 0.984. The highest BCUT2D eigenvalue weighted by molar-refractivity contribution is 7.88. The van der Waals surface area contributed by atoms with Crippen LogP contribution in [0.5, 0.6) is 0 Å². The summed E-state index contributed by atoms with van der Waals surface area (Å²) in [5.41, 5.74) is 6.78. The molecule has 2 N–H and O–H groups in total. The van der Waals surface area contributed by atoms with Crippen molar-refractivity contribution in [2.75, 3.05) is 26.4 Å². The number of rotatable bonds is 7. The highest BCUT2D eigenvalue weighted by Gasteiger charge is 2.19. The Hall–Kier alpha value is -1.60. The molecule has 0 unspecified atom stereocenters. The lowest BCUT2D eigenvalue weighted by Crippen LogP contribution is -2.29. The van der Waals surface area contributed by atoms with Gasteiger partial charge in [-0.2, -0.15) is 0 Å². The molecule has 7 heteroatoms. The van der Waals surface area contributed by atoms with E-state index in [1.54, 1.807) is 24.3 Å². The van der Waals surface area contributed by atoms with E-state index in [0.29, 0.717) is 17.7 Å². The minimum atomic E-state index is -3.44. The number of esters is 1. The zero-order valence-corrected chi connectivity index (χ0v) is 12.5. The molecular formula is C13H20N2O4S. The second kappa shape index (κ2) is 7.25. The molecule has 1 aromatic rings. The van der Waals surface area contributed by atoms with Crippen molar-refractivity contribution in [1.82, 2.24) is 4.31 Å². The molecule has 0 aromatic heterocycles. The highest BCUT2D eigenvalue weighted by Crippen LogP contribution is 2.16. The van der Waals surface area contributed by atoms with Gasteiger partial charge in [0.25, 0.3) is 0 Å². The normalized spacial score (nSPS) is 11.6. The van der Waals surface area contributed by atoms with E-state index in [1.165, 1.54) is 18.5 Å². The summed E-state index contributed by atoms with van der Waals surface area (Å²) in [7, 11) is -0.641. The van der Waals surface area contributed by atoms with Gasteiger partial charge in [-0.15, -0.1) is 0 Å². The van der Waals surface area contributed by atoms with Crippen LogP contribution >= 0.6 is 0 Å². The number of hydrogen-bond acceptors (Lipinski definition) is 5. The molecule has 0 bridgehead atoms. The van der Waals surface area contributed by atoms with Gasteiger partial charge in [-0.1, -0.05) is 18.2 Å². The molecule has 1 aromatic carbocycles. The molecule has 0 amide bonds. The third-order valence-electron chi connectivity index (χ3n) is 2.95. The minimum Gasteiger partial charge on any atom is -0.469 e. The summed E-state index contributed by atoms with van der Waals surface area (Å²) >= 11 is 0. The molecule has 0 saturated carbocycles. The lowest BCUT2D eigenvalue weighted by atomic mass is 10.2. The SMILES string of the molecule is COC(=O)CCCN(C)S(=O)(=O)Cc1ccccc1N. The number of hydrogen-bond donors (Lipinski definition) is 1. The van der Waals surface area contributed by atoms with Crippen LogP contribution in [-0.2, 0) is 25.3 Å². The van der Waals surface area contributed by atoms with E-state index in [0.717, 1.165) is 0 Å². The molecule has 0 saturated heterocycles. The summed E-state index contributed by atoms with van der Waals surface area (Å²) < 4.78 is 30.0. The summed E-state index contributed by atoms with van der Waals surface area (Å²) in [4.78, 5) is 11.0. The van der Waals surface area contributed by atoms with Crippen molar-refractivity contribution in [2.24, 2.45) is 0 Å². The van der Waals surface area contributed by atoms with Gasteiger partial charge in [-0.25, -0.2) is 12.7 Å². The Kier molecular flexibility index (Phi) is 5.97. The van der Waals surface area contributed by atoms with Crippen LogP contribution in [0, 0.1) is 0 Å². The first-order valence-electron chi connectivity index (χ1n) is 6.21. The number of ether oxygens (including phenoxy) is 1. The van der Waals surface area contributed by atoms with Gasteiger partial charge in [0.1, 0.15) is 0 Å². The van der Waals surface area contributed by atoms with E-state index in [-0.39, 0.29) is 24.7 Å². The third-order valence-corrected chi connectivity index (χ3v) is 4.76. The fourth-order valence-electron chi connectivity index (χ4n) is 1.66. The van der Waals surface area contributed by atoms with E-state index in [1.807, 2.05) is 0 Å². The van der Waals surface area contributed by atoms with Crippen LogP contribution in [0.15, 0.2) is 24.3 Å². The summed E-state index contributed by atoms with van der Waals surface area (Å²) in [5.74, 6) is -0.489. The van der Waals surface area contributed by atoms with Gasteiger partial charge in [0.05, 0.1) is 12.9 Å². The summed E-state index contributed by atoms with van der Waals surface area (Å²) in [6.07, 6.45) is 0.622. The Balaban J connectivity index is 2.60. The molecule has 0 aliphatic heterocycles. The Morgan fingerprint density at radius 2 is 2.00 bits per heavy atom. The lowest BCUT2D eigenvalue weighted by molar-refractivity contribution is -0.140. The van der Waals surface area contributed by atoms with E-state index in [9.17, 15) is 13.2 Å². The van der Waals surface area contributed by atoms with Crippen molar-refractivity contribution in [2.45, 2.75) is 18.6 Å². The van der Waals surface area contributed by atoms with Crippen molar-refractivity contribution in [3.8, 4) is 0 Å². The molecule has 0 radical (unpaired) electrons. The van der Waals surface area contributed by atoms with Crippen LogP contribution < -0.4 is 5.73 Å². The van der Waals surface area contributed by atoms with Crippen LogP contribution in [0.2, 0.25) is 0 Å². The number of sulfonamides is 1. The maximum absolute atomic E-state index is 12.2. The Bertz CT molecular complexity index is 557. The summed E-state index contributed by atoms with van der Waals surface area (Å²) in [6, 6.07) is 6.86. The summed E-state index contributed by atoms with van der Waals surface area (Å²) in [6.45, 7) is 0.268. The van der Waals surface area contributed by atoms with Gasteiger partial charge in [-0.3, -0.25) is 4.79 Å². The monoisotopic (exact) mass is 300 g/mol. The van der Waals surface area contributed by atoms with Crippen molar-refractivity contribution >= 4 is 21.7 Å². The summed E-state index contributed by atoms with van der Waals surface area (Å²) in [5, 5.41) is 0. The number of anilines is 1. The van der Waals surface area contributed by atoms with Crippen molar-refractivity contribution in [3.63, 3.8) is 0 Å². The predicted molar refractivity (Wildman–Crippen MR) is 77.4 cm³/mol. The number of benzene rings is 1. The molecule has 0 atom stereocenters. The van der Waals surface area contributed by atoms with Crippen LogP contribution in [-0.4, -0.2) is 39.4 Å².